The minimum atomic E-state index is -0.665. The maximum Gasteiger partial charge on any atom is 0.309 e. The Balaban J connectivity index is 2.17. The zero-order valence-corrected chi connectivity index (χ0v) is 12.6. The van der Waals surface area contributed by atoms with Crippen LogP contribution in [0.5, 0.6) is 0 Å². The number of nitrogens with one attached hydrogen (secondary N) is 2. The molecule has 0 radical (unpaired) electrons. The highest BCUT2D eigenvalue weighted by molar-refractivity contribution is 7.10. The molecule has 7 heteroatoms. The summed E-state index contributed by atoms with van der Waals surface area (Å²) in [7, 11) is 3.77. The van der Waals surface area contributed by atoms with E-state index in [4.69, 9.17) is 0 Å². The van der Waals surface area contributed by atoms with Gasteiger partial charge < -0.3 is 20.6 Å². The van der Waals surface area contributed by atoms with Crippen LogP contribution in [0.15, 0.2) is 17.5 Å². The van der Waals surface area contributed by atoms with Gasteiger partial charge in [0.25, 0.3) is 0 Å². The van der Waals surface area contributed by atoms with Gasteiger partial charge in [0.15, 0.2) is 0 Å². The van der Waals surface area contributed by atoms with Crippen LogP contribution in [-0.4, -0.2) is 55.6 Å². The van der Waals surface area contributed by atoms with Gasteiger partial charge in [0.1, 0.15) is 0 Å². The van der Waals surface area contributed by atoms with E-state index in [9.17, 15) is 14.7 Å². The van der Waals surface area contributed by atoms with Crippen LogP contribution in [0.2, 0.25) is 0 Å². The number of nitrogens with zero attached hydrogens (tertiary/aromatic N) is 1. The lowest BCUT2D eigenvalue weighted by Crippen LogP contribution is -2.42. The first-order valence-corrected chi connectivity index (χ1v) is 7.31. The molecule has 0 aliphatic rings. The molecule has 1 atom stereocenters. The molecule has 0 aliphatic carbocycles. The number of hydrogen-bond donors (Lipinski definition) is 3. The van der Waals surface area contributed by atoms with Gasteiger partial charge in [-0.2, -0.15) is 0 Å². The molecule has 0 bridgehead atoms. The summed E-state index contributed by atoms with van der Waals surface area (Å²) in [6.45, 7) is 1.37. The van der Waals surface area contributed by atoms with Gasteiger partial charge in [-0.15, -0.1) is 11.3 Å². The van der Waals surface area contributed by atoms with E-state index in [1.807, 2.05) is 36.5 Å². The van der Waals surface area contributed by atoms with E-state index in [1.54, 1.807) is 0 Å². The fourth-order valence-corrected chi connectivity index (χ4v) is 2.25. The number of thiophene rings is 1. The van der Waals surface area contributed by atoms with Crippen LogP contribution in [0.25, 0.3) is 0 Å². The minimum Gasteiger partial charge on any atom is -0.388 e. The molecule has 0 spiro atoms. The summed E-state index contributed by atoms with van der Waals surface area (Å²) >= 11 is 1.46. The van der Waals surface area contributed by atoms with Crippen molar-refractivity contribution >= 4 is 23.2 Å². The van der Waals surface area contributed by atoms with Crippen molar-refractivity contribution in [1.29, 1.82) is 0 Å². The monoisotopic (exact) mass is 299 g/mol. The minimum absolute atomic E-state index is 0.263. The average Bonchev–Trinajstić information content (AvgIpc) is 2.91. The molecule has 0 saturated heterocycles. The molecule has 0 aromatic carbocycles. The van der Waals surface area contributed by atoms with Crippen LogP contribution in [0, 0.1) is 0 Å². The maximum atomic E-state index is 11.5. The number of carbonyl (C=O) groups excluding carboxylic acids is 2. The van der Waals surface area contributed by atoms with Crippen molar-refractivity contribution in [2.24, 2.45) is 0 Å². The molecule has 1 aromatic heterocycles. The SMILES string of the molecule is CN(C)CCNC(=O)C(=O)NCCC(O)c1cccs1. The number of carbonyl (C=O) groups is 2. The second-order valence-electron chi connectivity index (χ2n) is 4.63. The third-order valence-electron chi connectivity index (χ3n) is 2.63. The number of amides is 2. The topological polar surface area (TPSA) is 81.7 Å². The molecule has 0 fully saturated rings. The first kappa shape index (κ1) is 16.6. The molecule has 6 nitrogen and oxygen atoms in total. The Kier molecular flexibility index (Phi) is 7.21. The van der Waals surface area contributed by atoms with Crippen LogP contribution < -0.4 is 10.6 Å². The fourth-order valence-electron chi connectivity index (χ4n) is 1.50. The first-order valence-electron chi connectivity index (χ1n) is 6.43. The number of aliphatic hydroxyl groups excluding tert-OH is 1. The zero-order valence-electron chi connectivity index (χ0n) is 11.8. The Hall–Kier alpha value is -1.44. The summed E-state index contributed by atoms with van der Waals surface area (Å²) in [6, 6.07) is 3.70. The number of hydrogen-bond acceptors (Lipinski definition) is 5. The lowest BCUT2D eigenvalue weighted by molar-refractivity contribution is -0.139. The van der Waals surface area contributed by atoms with Gasteiger partial charge in [-0.25, -0.2) is 0 Å². The van der Waals surface area contributed by atoms with Crippen molar-refractivity contribution in [3.05, 3.63) is 22.4 Å². The summed E-state index contributed by atoms with van der Waals surface area (Å²) in [5.41, 5.74) is 0. The highest BCUT2D eigenvalue weighted by Gasteiger charge is 2.14. The number of rotatable bonds is 7. The molecular weight excluding hydrogens is 278 g/mol. The van der Waals surface area contributed by atoms with Crippen molar-refractivity contribution in [3.8, 4) is 0 Å². The lowest BCUT2D eigenvalue weighted by Gasteiger charge is -2.11. The van der Waals surface area contributed by atoms with E-state index in [1.165, 1.54) is 11.3 Å². The normalized spacial score (nSPS) is 12.2. The number of likely N-dealkylation sites (N-methyl/N-ethyl adjacent to an activating group) is 1. The van der Waals surface area contributed by atoms with Crippen LogP contribution >= 0.6 is 11.3 Å². The Morgan fingerprint density at radius 3 is 2.50 bits per heavy atom. The molecule has 112 valence electrons. The quantitative estimate of drug-likeness (QED) is 0.617. The lowest BCUT2D eigenvalue weighted by atomic mass is 10.2. The van der Waals surface area contributed by atoms with Crippen molar-refractivity contribution in [2.45, 2.75) is 12.5 Å². The van der Waals surface area contributed by atoms with Crippen molar-refractivity contribution in [3.63, 3.8) is 0 Å². The largest absolute Gasteiger partial charge is 0.388 e. The van der Waals surface area contributed by atoms with Crippen molar-refractivity contribution in [2.75, 3.05) is 33.7 Å². The van der Waals surface area contributed by atoms with E-state index < -0.39 is 17.9 Å². The van der Waals surface area contributed by atoms with Crippen molar-refractivity contribution < 1.29 is 14.7 Å². The Morgan fingerprint density at radius 2 is 1.95 bits per heavy atom. The van der Waals surface area contributed by atoms with Crippen LogP contribution in [0.1, 0.15) is 17.4 Å². The van der Waals surface area contributed by atoms with E-state index in [-0.39, 0.29) is 6.54 Å². The molecule has 20 heavy (non-hydrogen) atoms. The van der Waals surface area contributed by atoms with Crippen molar-refractivity contribution in [1.82, 2.24) is 15.5 Å². The average molecular weight is 299 g/mol. The molecule has 3 N–H and O–H groups in total. The molecule has 0 aliphatic heterocycles. The Morgan fingerprint density at radius 1 is 1.30 bits per heavy atom. The predicted molar refractivity (Wildman–Crippen MR) is 78.5 cm³/mol. The highest BCUT2D eigenvalue weighted by atomic mass is 32.1. The van der Waals surface area contributed by atoms with Gasteiger partial charge in [-0.05, 0) is 32.0 Å². The van der Waals surface area contributed by atoms with Gasteiger partial charge >= 0.3 is 11.8 Å². The summed E-state index contributed by atoms with van der Waals surface area (Å²) in [5, 5.41) is 16.7. The Bertz CT molecular complexity index is 421. The zero-order chi connectivity index (χ0) is 15.0. The van der Waals surface area contributed by atoms with Gasteiger partial charge in [-0.3, -0.25) is 9.59 Å². The summed E-state index contributed by atoms with van der Waals surface area (Å²) in [6.07, 6.45) is -0.218. The van der Waals surface area contributed by atoms with E-state index in [2.05, 4.69) is 10.6 Å². The van der Waals surface area contributed by atoms with E-state index in [0.717, 1.165) is 4.88 Å². The van der Waals surface area contributed by atoms with Crippen LogP contribution in [0.4, 0.5) is 0 Å². The molecule has 2 amide bonds. The predicted octanol–water partition coefficient (Wildman–Crippen LogP) is -0.0344. The highest BCUT2D eigenvalue weighted by Crippen LogP contribution is 2.20. The molecule has 1 unspecified atom stereocenters. The molecular formula is C13H21N3O3S. The van der Waals surface area contributed by atoms with Gasteiger partial charge in [0.05, 0.1) is 6.10 Å². The van der Waals surface area contributed by atoms with Crippen LogP contribution in [-0.2, 0) is 9.59 Å². The molecule has 1 heterocycles. The smallest absolute Gasteiger partial charge is 0.309 e. The Labute approximate surface area is 122 Å². The fraction of sp³-hybridized carbons (Fsp3) is 0.538. The molecule has 1 rings (SSSR count). The summed E-state index contributed by atoms with van der Waals surface area (Å²) in [5.74, 6) is -1.31. The third kappa shape index (κ3) is 6.14. The molecule has 0 saturated carbocycles. The summed E-state index contributed by atoms with van der Waals surface area (Å²) < 4.78 is 0. The summed E-state index contributed by atoms with van der Waals surface area (Å²) in [4.78, 5) is 25.7. The van der Waals surface area contributed by atoms with Gasteiger partial charge in [0.2, 0.25) is 0 Å². The second kappa shape index (κ2) is 8.68. The van der Waals surface area contributed by atoms with Gasteiger partial charge in [-0.1, -0.05) is 6.07 Å². The van der Waals surface area contributed by atoms with E-state index in [0.29, 0.717) is 19.5 Å². The third-order valence-corrected chi connectivity index (χ3v) is 3.60. The van der Waals surface area contributed by atoms with Gasteiger partial charge in [0, 0.05) is 24.5 Å². The number of aliphatic hydroxyl groups is 1. The standard InChI is InChI=1S/C13H21N3O3S/c1-16(2)8-7-15-13(19)12(18)14-6-5-10(17)11-4-3-9-20-11/h3-4,9-10,17H,5-8H2,1-2H3,(H,14,18)(H,15,19). The van der Waals surface area contributed by atoms with E-state index >= 15 is 0 Å². The van der Waals surface area contributed by atoms with Crippen LogP contribution in [0.3, 0.4) is 0 Å². The molecule has 1 aromatic rings. The maximum absolute atomic E-state index is 11.5. The first-order chi connectivity index (χ1) is 9.50. The second-order valence-corrected chi connectivity index (χ2v) is 5.61.